The maximum atomic E-state index is 13.0. The van der Waals surface area contributed by atoms with Crippen molar-refractivity contribution in [2.45, 2.75) is 24.7 Å². The van der Waals surface area contributed by atoms with E-state index in [0.29, 0.717) is 0 Å². The molecule has 0 aliphatic carbocycles. The highest BCUT2D eigenvalue weighted by atomic mass is 31.2. The highest BCUT2D eigenvalue weighted by Gasteiger charge is 2.68. The summed E-state index contributed by atoms with van der Waals surface area (Å²) in [4.78, 5) is 0. The van der Waals surface area contributed by atoms with Crippen molar-refractivity contribution >= 4 is 7.82 Å². The van der Waals surface area contributed by atoms with Crippen molar-refractivity contribution in [2.75, 3.05) is 19.8 Å². The van der Waals surface area contributed by atoms with E-state index in [1.54, 1.807) is 4.74 Å². The molecule has 138 valence electrons. The van der Waals surface area contributed by atoms with Gasteiger partial charge in [-0.25, -0.2) is 14.0 Å². The molecule has 0 unspecified atom stereocenters. The van der Waals surface area contributed by atoms with Crippen LogP contribution in [0.5, 0.6) is 0 Å². The number of hydrogen-bond acceptors (Lipinski definition) is 6. The van der Waals surface area contributed by atoms with Gasteiger partial charge in [0.15, 0.2) is 0 Å². The van der Waals surface area contributed by atoms with E-state index in [0.717, 1.165) is 0 Å². The van der Waals surface area contributed by atoms with Gasteiger partial charge in [0.05, 0.1) is 13.2 Å². The Kier molecular flexibility index (Phi) is 5.66. The molecule has 0 aromatic heterocycles. The highest BCUT2D eigenvalue weighted by molar-refractivity contribution is 7.48. The summed E-state index contributed by atoms with van der Waals surface area (Å²) in [5.74, 6) is 0. The van der Waals surface area contributed by atoms with E-state index in [9.17, 15) is 44.1 Å². The third-order valence-corrected chi connectivity index (χ3v) is 3.28. The number of hydrogen-bond donors (Lipinski definition) is 0. The Bertz CT molecular complexity index is 456. The van der Waals surface area contributed by atoms with Gasteiger partial charge in [0.1, 0.15) is 6.61 Å². The van der Waals surface area contributed by atoms with E-state index in [1.807, 2.05) is 0 Å². The Morgan fingerprint density at radius 1 is 0.826 bits per heavy atom. The molecule has 0 atom stereocenters. The zero-order valence-electron chi connectivity index (χ0n) is 10.4. The minimum absolute atomic E-state index is 0.350. The fourth-order valence-corrected chi connectivity index (χ4v) is 2.17. The van der Waals surface area contributed by atoms with Gasteiger partial charge in [0, 0.05) is 0 Å². The predicted octanol–water partition coefficient (Wildman–Crippen LogP) is 3.49. The van der Waals surface area contributed by atoms with E-state index in [2.05, 4.69) is 18.3 Å². The number of ether oxygens (including phenoxy) is 2. The first-order valence-corrected chi connectivity index (χ1v) is 6.68. The van der Waals surface area contributed by atoms with Crippen LogP contribution in [-0.4, -0.2) is 44.5 Å². The van der Waals surface area contributed by atoms with Gasteiger partial charge < -0.3 is 0 Å². The van der Waals surface area contributed by atoms with Gasteiger partial charge in [0.25, 0.3) is 0 Å². The van der Waals surface area contributed by atoms with Gasteiger partial charge in [-0.05, 0) is 0 Å². The van der Waals surface area contributed by atoms with Crippen LogP contribution < -0.4 is 0 Å². The van der Waals surface area contributed by atoms with Crippen LogP contribution in [0, 0.1) is 0 Å². The fourth-order valence-electron chi connectivity index (χ4n) is 1.05. The SMILES string of the molecule is O=P1(OCC(F)(F)OC(F)(F)C(F)(F)OC(F)(F)F)OCCO1. The van der Waals surface area contributed by atoms with Crippen LogP contribution in [0.1, 0.15) is 0 Å². The van der Waals surface area contributed by atoms with Gasteiger partial charge in [-0.15, -0.1) is 13.2 Å². The zero-order chi connectivity index (χ0) is 18.2. The van der Waals surface area contributed by atoms with Crippen LogP contribution in [0.15, 0.2) is 0 Å². The Morgan fingerprint density at radius 3 is 1.70 bits per heavy atom. The Morgan fingerprint density at radius 2 is 1.26 bits per heavy atom. The largest absolute Gasteiger partial charge is 0.527 e. The second-order valence-electron chi connectivity index (χ2n) is 3.71. The molecule has 0 aromatic rings. The molecule has 1 fully saturated rings. The molecular weight excluding hydrogens is 382 g/mol. The summed E-state index contributed by atoms with van der Waals surface area (Å²) in [5.41, 5.74) is 0. The van der Waals surface area contributed by atoms with Crippen molar-refractivity contribution in [1.82, 2.24) is 0 Å². The third kappa shape index (κ3) is 6.08. The summed E-state index contributed by atoms with van der Waals surface area (Å²) in [6.45, 7) is -3.03. The molecule has 0 radical (unpaired) electrons. The molecule has 1 aliphatic rings. The molecule has 23 heavy (non-hydrogen) atoms. The van der Waals surface area contributed by atoms with E-state index in [1.165, 1.54) is 0 Å². The lowest BCUT2D eigenvalue weighted by atomic mass is 10.5. The van der Waals surface area contributed by atoms with Gasteiger partial charge in [0.2, 0.25) is 0 Å². The van der Waals surface area contributed by atoms with E-state index < -0.39 is 39.1 Å². The number of phosphoric ester groups is 1. The number of halogens is 9. The maximum absolute atomic E-state index is 13.0. The quantitative estimate of drug-likeness (QED) is 0.492. The van der Waals surface area contributed by atoms with Crippen LogP contribution in [0.3, 0.4) is 0 Å². The van der Waals surface area contributed by atoms with E-state index in [-0.39, 0.29) is 13.2 Å². The number of rotatable bonds is 7. The molecule has 16 heteroatoms. The van der Waals surface area contributed by atoms with Crippen molar-refractivity contribution in [3.63, 3.8) is 0 Å². The summed E-state index contributed by atoms with van der Waals surface area (Å²) >= 11 is 0. The molecule has 0 N–H and O–H groups in total. The Balaban J connectivity index is 2.71. The van der Waals surface area contributed by atoms with Gasteiger partial charge in [-0.2, -0.15) is 26.3 Å². The Labute approximate surface area is 121 Å². The van der Waals surface area contributed by atoms with Gasteiger partial charge in [-0.3, -0.25) is 13.6 Å². The number of alkyl halides is 9. The van der Waals surface area contributed by atoms with Crippen LogP contribution >= 0.6 is 7.82 Å². The van der Waals surface area contributed by atoms with Crippen molar-refractivity contribution in [2.24, 2.45) is 0 Å². The van der Waals surface area contributed by atoms with Crippen molar-refractivity contribution < 1.29 is 67.1 Å². The van der Waals surface area contributed by atoms with Crippen LogP contribution in [0.25, 0.3) is 0 Å². The molecule has 1 aliphatic heterocycles. The first-order valence-electron chi connectivity index (χ1n) is 5.22. The molecule has 0 spiro atoms. The van der Waals surface area contributed by atoms with Crippen molar-refractivity contribution in [3.05, 3.63) is 0 Å². The molecule has 1 saturated heterocycles. The standard InChI is InChI=1S/C7H6F9O6P/c8-4(9,3-20-23(17)18-1-2-19-23)21-5(10,11)6(12,13)22-7(14,15)16/h1-3H2. The minimum atomic E-state index is -6.47. The van der Waals surface area contributed by atoms with Crippen molar-refractivity contribution in [3.8, 4) is 0 Å². The van der Waals surface area contributed by atoms with E-state index >= 15 is 0 Å². The second-order valence-corrected chi connectivity index (χ2v) is 5.38. The van der Waals surface area contributed by atoms with Crippen LogP contribution in [-0.2, 0) is 27.6 Å². The molecule has 6 nitrogen and oxygen atoms in total. The van der Waals surface area contributed by atoms with Gasteiger partial charge >= 0.3 is 32.5 Å². The summed E-state index contributed by atoms with van der Waals surface area (Å²) < 4.78 is 139. The summed E-state index contributed by atoms with van der Waals surface area (Å²) in [6, 6.07) is 0. The lowest BCUT2D eigenvalue weighted by molar-refractivity contribution is -0.529. The zero-order valence-corrected chi connectivity index (χ0v) is 11.3. The fraction of sp³-hybridized carbons (Fsp3) is 1.00. The first-order chi connectivity index (χ1) is 10.1. The monoisotopic (exact) mass is 388 g/mol. The third-order valence-electron chi connectivity index (χ3n) is 1.83. The molecule has 0 amide bonds. The molecule has 0 bridgehead atoms. The molecule has 0 aromatic carbocycles. The predicted molar refractivity (Wildman–Crippen MR) is 48.5 cm³/mol. The lowest BCUT2D eigenvalue weighted by Gasteiger charge is -2.29. The van der Waals surface area contributed by atoms with Gasteiger partial charge in [-0.1, -0.05) is 0 Å². The lowest BCUT2D eigenvalue weighted by Crippen LogP contribution is -2.51. The molecule has 0 saturated carbocycles. The number of phosphoric acid groups is 1. The normalized spacial score (nSPS) is 20.0. The average molecular weight is 388 g/mol. The topological polar surface area (TPSA) is 63.2 Å². The second kappa shape index (κ2) is 6.37. The first kappa shape index (κ1) is 20.4. The molecule has 1 heterocycles. The summed E-state index contributed by atoms with van der Waals surface area (Å²) in [6.07, 6.45) is -24.4. The maximum Gasteiger partial charge on any atom is 0.527 e. The Hall–Kier alpha value is -0.600. The summed E-state index contributed by atoms with van der Waals surface area (Å²) in [5, 5.41) is 0. The average Bonchev–Trinajstić information content (AvgIpc) is 2.70. The summed E-state index contributed by atoms with van der Waals surface area (Å²) in [7, 11) is -4.51. The molecular formula is C7H6F9O6P. The van der Waals surface area contributed by atoms with Crippen molar-refractivity contribution in [1.29, 1.82) is 0 Å². The minimum Gasteiger partial charge on any atom is -0.284 e. The van der Waals surface area contributed by atoms with Crippen LogP contribution in [0.2, 0.25) is 0 Å². The van der Waals surface area contributed by atoms with E-state index in [4.69, 9.17) is 0 Å². The highest BCUT2D eigenvalue weighted by Crippen LogP contribution is 2.54. The van der Waals surface area contributed by atoms with Crippen LogP contribution in [0.4, 0.5) is 39.5 Å². The smallest absolute Gasteiger partial charge is 0.284 e. The molecule has 1 rings (SSSR count).